The van der Waals surface area contributed by atoms with Crippen LogP contribution in [0.5, 0.6) is 17.2 Å². The molecule has 2 amide bonds. The van der Waals surface area contributed by atoms with Gasteiger partial charge in [0.05, 0.1) is 13.2 Å². The smallest absolute Gasteiger partial charge is 0.251 e. The van der Waals surface area contributed by atoms with Crippen LogP contribution in [-0.2, 0) is 20.9 Å². The molecule has 2 aromatic carbocycles. The van der Waals surface area contributed by atoms with E-state index in [2.05, 4.69) is 20.7 Å². The highest BCUT2D eigenvalue weighted by atomic mass is 32.1. The van der Waals surface area contributed by atoms with Gasteiger partial charge in [0.25, 0.3) is 5.91 Å². The van der Waals surface area contributed by atoms with Crippen molar-refractivity contribution in [1.82, 2.24) is 25.5 Å². The van der Waals surface area contributed by atoms with Crippen molar-refractivity contribution in [2.75, 3.05) is 38.4 Å². The van der Waals surface area contributed by atoms with Crippen LogP contribution in [0.4, 0.5) is 5.69 Å². The van der Waals surface area contributed by atoms with Gasteiger partial charge in [0.15, 0.2) is 11.5 Å². The van der Waals surface area contributed by atoms with Crippen molar-refractivity contribution in [3.63, 3.8) is 0 Å². The molecule has 1 N–H and O–H groups in total. The molecule has 218 valence electrons. The Morgan fingerprint density at radius 3 is 2.69 bits per heavy atom. The van der Waals surface area contributed by atoms with Crippen molar-refractivity contribution in [2.45, 2.75) is 31.5 Å². The lowest BCUT2D eigenvalue weighted by molar-refractivity contribution is -0.127. The zero-order valence-electron chi connectivity index (χ0n) is 23.0. The van der Waals surface area contributed by atoms with Crippen molar-refractivity contribution in [3.8, 4) is 28.6 Å². The third kappa shape index (κ3) is 6.06. The molecule has 2 aliphatic rings. The predicted octanol–water partition coefficient (Wildman–Crippen LogP) is 3.25. The fraction of sp³-hybridized carbons (Fsp3) is 0.345. The summed E-state index contributed by atoms with van der Waals surface area (Å²) in [5.74, 6) is 1.42. The number of aromatic nitrogens is 4. The van der Waals surface area contributed by atoms with Crippen LogP contribution >= 0.6 is 11.3 Å². The number of amides is 2. The fourth-order valence-corrected chi connectivity index (χ4v) is 5.73. The minimum absolute atomic E-state index is 0.0490. The molecular formula is C29H30N6O6S. The first-order valence-electron chi connectivity index (χ1n) is 13.7. The maximum atomic E-state index is 14.1. The highest BCUT2D eigenvalue weighted by Gasteiger charge is 2.35. The quantitative estimate of drug-likeness (QED) is 0.296. The molecule has 2 atom stereocenters. The number of thiophene rings is 1. The van der Waals surface area contributed by atoms with Gasteiger partial charge in [-0.2, -0.15) is 4.80 Å². The number of methoxy groups -OCH3 is 1. The summed E-state index contributed by atoms with van der Waals surface area (Å²) in [4.78, 5) is 31.3. The number of rotatable bonds is 10. The third-order valence-electron chi connectivity index (χ3n) is 7.00. The zero-order valence-corrected chi connectivity index (χ0v) is 23.8. The Bertz CT molecular complexity index is 1520. The summed E-state index contributed by atoms with van der Waals surface area (Å²) in [5, 5.41) is 17.6. The molecule has 6 rings (SSSR count). The largest absolute Gasteiger partial charge is 0.497 e. The van der Waals surface area contributed by atoms with E-state index in [0.717, 1.165) is 18.4 Å². The lowest BCUT2D eigenvalue weighted by atomic mass is 10.1. The van der Waals surface area contributed by atoms with Gasteiger partial charge in [-0.15, -0.1) is 21.5 Å². The predicted molar refractivity (Wildman–Crippen MR) is 154 cm³/mol. The summed E-state index contributed by atoms with van der Waals surface area (Å²) in [6.07, 6.45) is 1.79. The van der Waals surface area contributed by atoms with Crippen molar-refractivity contribution in [1.29, 1.82) is 0 Å². The van der Waals surface area contributed by atoms with Crippen molar-refractivity contribution >= 4 is 28.8 Å². The van der Waals surface area contributed by atoms with Crippen molar-refractivity contribution in [2.24, 2.45) is 0 Å². The van der Waals surface area contributed by atoms with E-state index in [9.17, 15) is 9.59 Å². The molecule has 1 fully saturated rings. The molecule has 1 saturated heterocycles. The number of hydrogen-bond acceptors (Lipinski definition) is 10. The van der Waals surface area contributed by atoms with E-state index in [4.69, 9.17) is 18.9 Å². The van der Waals surface area contributed by atoms with Crippen LogP contribution in [-0.4, -0.2) is 71.6 Å². The maximum Gasteiger partial charge on any atom is 0.251 e. The first-order valence-corrected chi connectivity index (χ1v) is 14.5. The van der Waals surface area contributed by atoms with Gasteiger partial charge in [-0.05, 0) is 65.9 Å². The SMILES string of the molecule is COc1ccc(-c2nnn(CC(=O)N(c3ccc4c(c3)OCCO4)C(C(=O)NCC3CCCO3)c3cccs3)n2)cc1. The summed E-state index contributed by atoms with van der Waals surface area (Å²) in [7, 11) is 1.59. The summed E-state index contributed by atoms with van der Waals surface area (Å²) >= 11 is 1.39. The average Bonchev–Trinajstić information content (AvgIpc) is 3.82. The number of nitrogens with zero attached hydrogens (tertiary/aromatic N) is 5. The van der Waals surface area contributed by atoms with Crippen LogP contribution in [0.25, 0.3) is 11.4 Å². The molecule has 2 aliphatic heterocycles. The number of fused-ring (bicyclic) bond motifs is 1. The topological polar surface area (TPSA) is 130 Å². The Hall–Kier alpha value is -4.49. The lowest BCUT2D eigenvalue weighted by Crippen LogP contribution is -2.46. The summed E-state index contributed by atoms with van der Waals surface area (Å²) in [6, 6.07) is 15.2. The summed E-state index contributed by atoms with van der Waals surface area (Å²) in [5.41, 5.74) is 1.20. The molecule has 0 saturated carbocycles. The minimum atomic E-state index is -0.953. The van der Waals surface area contributed by atoms with Gasteiger partial charge < -0.3 is 24.3 Å². The Morgan fingerprint density at radius 1 is 1.12 bits per heavy atom. The van der Waals surface area contributed by atoms with Crippen molar-refractivity contribution < 1.29 is 28.5 Å². The van der Waals surface area contributed by atoms with E-state index < -0.39 is 11.9 Å². The normalized spacial score (nSPS) is 16.5. The number of benzene rings is 2. The molecule has 13 heteroatoms. The van der Waals surface area contributed by atoms with E-state index in [1.165, 1.54) is 21.0 Å². The van der Waals surface area contributed by atoms with Crippen LogP contribution in [0.2, 0.25) is 0 Å². The Morgan fingerprint density at radius 2 is 1.95 bits per heavy atom. The number of ether oxygens (including phenoxy) is 4. The summed E-state index contributed by atoms with van der Waals surface area (Å²) in [6.45, 7) is 1.61. The molecule has 0 radical (unpaired) electrons. The maximum absolute atomic E-state index is 14.1. The molecule has 12 nitrogen and oxygen atoms in total. The second kappa shape index (κ2) is 12.6. The van der Waals surface area contributed by atoms with Gasteiger partial charge in [0.2, 0.25) is 11.7 Å². The van der Waals surface area contributed by atoms with E-state index in [1.807, 2.05) is 29.6 Å². The minimum Gasteiger partial charge on any atom is -0.497 e. The molecule has 2 aromatic heterocycles. The van der Waals surface area contributed by atoms with Crippen LogP contribution in [0.3, 0.4) is 0 Å². The zero-order chi connectivity index (χ0) is 28.9. The molecule has 0 aliphatic carbocycles. The van der Waals surface area contributed by atoms with Gasteiger partial charge in [-0.25, -0.2) is 0 Å². The average molecular weight is 591 g/mol. The van der Waals surface area contributed by atoms with E-state index in [-0.39, 0.29) is 18.6 Å². The van der Waals surface area contributed by atoms with E-state index in [0.29, 0.717) is 60.0 Å². The second-order valence-corrected chi connectivity index (χ2v) is 10.7. The molecule has 4 aromatic rings. The number of nitrogens with one attached hydrogen (secondary N) is 1. The van der Waals surface area contributed by atoms with E-state index >= 15 is 0 Å². The molecule has 0 bridgehead atoms. The number of hydrogen-bond donors (Lipinski definition) is 1. The molecule has 4 heterocycles. The van der Waals surface area contributed by atoms with Gasteiger partial charge >= 0.3 is 0 Å². The first kappa shape index (κ1) is 27.7. The molecule has 2 unspecified atom stereocenters. The standard InChI is InChI=1S/C29H30N6O6S/c1-38-21-9-6-19(7-10-21)28-31-33-34(32-28)18-26(36)35(20-8-11-23-24(16-20)41-14-13-40-23)27(25-5-3-15-42-25)29(37)30-17-22-4-2-12-39-22/h3,5-11,15-16,22,27H,2,4,12-14,17-18H2,1H3,(H,30,37). The Kier molecular flexibility index (Phi) is 8.28. The highest BCUT2D eigenvalue weighted by Crippen LogP contribution is 2.38. The highest BCUT2D eigenvalue weighted by molar-refractivity contribution is 7.10. The lowest BCUT2D eigenvalue weighted by Gasteiger charge is -2.31. The van der Waals surface area contributed by atoms with Crippen molar-refractivity contribution in [3.05, 3.63) is 64.9 Å². The van der Waals surface area contributed by atoms with Gasteiger partial charge in [-0.3, -0.25) is 14.5 Å². The van der Waals surface area contributed by atoms with Crippen LogP contribution in [0.15, 0.2) is 60.0 Å². The third-order valence-corrected chi connectivity index (χ3v) is 7.92. The first-order chi connectivity index (χ1) is 20.6. The van der Waals surface area contributed by atoms with Crippen LogP contribution in [0, 0.1) is 0 Å². The number of anilines is 1. The second-order valence-electron chi connectivity index (χ2n) is 9.76. The fourth-order valence-electron chi connectivity index (χ4n) is 4.92. The number of carbonyl (C=O) groups excluding carboxylic acids is 2. The number of carbonyl (C=O) groups is 2. The monoisotopic (exact) mass is 590 g/mol. The molecule has 42 heavy (non-hydrogen) atoms. The van der Waals surface area contributed by atoms with Gasteiger partial charge in [0, 0.05) is 35.3 Å². The summed E-state index contributed by atoms with van der Waals surface area (Å²) < 4.78 is 22.4. The Labute approximate surface area is 246 Å². The van der Waals surface area contributed by atoms with Crippen LogP contribution < -0.4 is 24.4 Å². The molecule has 0 spiro atoms. The molecular weight excluding hydrogens is 560 g/mol. The van der Waals surface area contributed by atoms with Gasteiger partial charge in [-0.1, -0.05) is 6.07 Å². The van der Waals surface area contributed by atoms with Crippen LogP contribution in [0.1, 0.15) is 23.8 Å². The number of tetrazole rings is 1. The van der Waals surface area contributed by atoms with E-state index in [1.54, 1.807) is 37.4 Å². The Balaban J connectivity index is 1.31. The van der Waals surface area contributed by atoms with Gasteiger partial charge in [0.1, 0.15) is 31.5 Å².